The molecule has 0 radical (unpaired) electrons. The molecule has 0 amide bonds. The highest BCUT2D eigenvalue weighted by molar-refractivity contribution is 5.89. The third-order valence-electron chi connectivity index (χ3n) is 2.89. The zero-order valence-electron chi connectivity index (χ0n) is 10.4. The highest BCUT2D eigenvalue weighted by Gasteiger charge is 2.45. The minimum atomic E-state index is -1.64. The lowest BCUT2D eigenvalue weighted by Gasteiger charge is -2.13. The van der Waals surface area contributed by atoms with Crippen molar-refractivity contribution in [3.05, 3.63) is 35.9 Å². The van der Waals surface area contributed by atoms with Crippen LogP contribution in [0.3, 0.4) is 0 Å². The van der Waals surface area contributed by atoms with Crippen LogP contribution < -0.4 is 0 Å². The zero-order valence-corrected chi connectivity index (χ0v) is 10.4. The lowest BCUT2D eigenvalue weighted by molar-refractivity contribution is -0.153. The zero-order chi connectivity index (χ0) is 13.8. The second-order valence-corrected chi connectivity index (χ2v) is 4.18. The Kier molecular flexibility index (Phi) is 4.47. The van der Waals surface area contributed by atoms with E-state index in [0.29, 0.717) is 5.56 Å². The number of carbonyl (C=O) groups excluding carboxylic acids is 1. The Labute approximate surface area is 109 Å². The normalized spacial score (nSPS) is 30.3. The molecular formula is C13H15FO5. The van der Waals surface area contributed by atoms with Gasteiger partial charge in [0, 0.05) is 7.11 Å². The fourth-order valence-corrected chi connectivity index (χ4v) is 1.84. The van der Waals surface area contributed by atoms with Gasteiger partial charge < -0.3 is 19.3 Å². The Hall–Kier alpha value is -1.50. The van der Waals surface area contributed by atoms with Gasteiger partial charge in [-0.3, -0.25) is 0 Å². The Morgan fingerprint density at radius 1 is 1.42 bits per heavy atom. The number of ether oxygens (including phenoxy) is 3. The maximum absolute atomic E-state index is 13.6. The summed E-state index contributed by atoms with van der Waals surface area (Å²) in [5, 5.41) is 9.44. The quantitative estimate of drug-likeness (QED) is 0.824. The number of hydrogen-bond acceptors (Lipinski definition) is 5. The molecule has 0 spiro atoms. The number of halogens is 1. The van der Waals surface area contributed by atoms with Gasteiger partial charge in [-0.25, -0.2) is 9.18 Å². The van der Waals surface area contributed by atoms with E-state index >= 15 is 0 Å². The number of aliphatic hydroxyl groups is 1. The second-order valence-electron chi connectivity index (χ2n) is 4.18. The highest BCUT2D eigenvalue weighted by Crippen LogP contribution is 2.24. The molecule has 1 heterocycles. The molecule has 1 saturated heterocycles. The molecular weight excluding hydrogens is 255 g/mol. The lowest BCUT2D eigenvalue weighted by Crippen LogP contribution is -2.31. The molecule has 1 aliphatic rings. The largest absolute Gasteiger partial charge is 0.459 e. The molecule has 1 aromatic rings. The van der Waals surface area contributed by atoms with Crippen molar-refractivity contribution in [2.45, 2.75) is 24.7 Å². The van der Waals surface area contributed by atoms with Gasteiger partial charge in [0.25, 0.3) is 0 Å². The van der Waals surface area contributed by atoms with Gasteiger partial charge in [-0.2, -0.15) is 0 Å². The van der Waals surface area contributed by atoms with Crippen molar-refractivity contribution in [1.82, 2.24) is 0 Å². The van der Waals surface area contributed by atoms with Crippen LogP contribution in [0, 0.1) is 0 Å². The molecule has 6 heteroatoms. The molecule has 0 bridgehead atoms. The molecule has 0 saturated carbocycles. The van der Waals surface area contributed by atoms with E-state index in [1.165, 1.54) is 7.11 Å². The average molecular weight is 270 g/mol. The molecule has 0 unspecified atom stereocenters. The summed E-state index contributed by atoms with van der Waals surface area (Å²) in [5.41, 5.74) is 0.375. The van der Waals surface area contributed by atoms with Crippen molar-refractivity contribution in [2.75, 3.05) is 13.7 Å². The summed E-state index contributed by atoms with van der Waals surface area (Å²) in [6.07, 6.45) is -5.07. The van der Waals surface area contributed by atoms with E-state index in [0.717, 1.165) is 0 Å². The van der Waals surface area contributed by atoms with Crippen LogP contribution in [0.4, 0.5) is 4.39 Å². The monoisotopic (exact) mass is 270 g/mol. The number of carbonyl (C=O) groups is 1. The first-order chi connectivity index (χ1) is 9.13. The average Bonchev–Trinajstić information content (AvgIpc) is 2.73. The number of esters is 1. The number of rotatable bonds is 4. The fraction of sp³-hybridized carbons (Fsp3) is 0.462. The van der Waals surface area contributed by atoms with E-state index in [4.69, 9.17) is 14.2 Å². The Morgan fingerprint density at radius 3 is 2.68 bits per heavy atom. The van der Waals surface area contributed by atoms with Gasteiger partial charge in [0.1, 0.15) is 18.8 Å². The summed E-state index contributed by atoms with van der Waals surface area (Å²) in [6, 6.07) is 8.36. The van der Waals surface area contributed by atoms with Crippen LogP contribution >= 0.6 is 0 Å². The minimum absolute atomic E-state index is 0.272. The van der Waals surface area contributed by atoms with Crippen LogP contribution in [0.25, 0.3) is 0 Å². The summed E-state index contributed by atoms with van der Waals surface area (Å²) in [6.45, 7) is -0.272. The summed E-state index contributed by atoms with van der Waals surface area (Å²) in [4.78, 5) is 11.6. The van der Waals surface area contributed by atoms with E-state index in [2.05, 4.69) is 0 Å². The van der Waals surface area contributed by atoms with Crippen LogP contribution in [0.2, 0.25) is 0 Å². The summed E-state index contributed by atoms with van der Waals surface area (Å²) in [7, 11) is 1.30. The van der Waals surface area contributed by atoms with Gasteiger partial charge in [0.15, 0.2) is 12.5 Å². The standard InChI is InChI=1S/C13H15FO5/c1-17-13-11(15)10(14)9(19-13)7-18-12(16)8-5-3-2-4-6-8/h2-6,9-11,13,15H,7H2,1H3/t9-,10+,11-,13-/m1/s1. The van der Waals surface area contributed by atoms with Crippen LogP contribution in [0.15, 0.2) is 30.3 Å². The van der Waals surface area contributed by atoms with Crippen molar-refractivity contribution in [2.24, 2.45) is 0 Å². The topological polar surface area (TPSA) is 65.0 Å². The van der Waals surface area contributed by atoms with Crippen LogP contribution in [0.5, 0.6) is 0 Å². The van der Waals surface area contributed by atoms with Gasteiger partial charge in [0.2, 0.25) is 0 Å². The van der Waals surface area contributed by atoms with Gasteiger partial charge in [-0.1, -0.05) is 18.2 Å². The number of aliphatic hydroxyl groups excluding tert-OH is 1. The number of alkyl halides is 1. The summed E-state index contributed by atoms with van der Waals surface area (Å²) in [5.74, 6) is -0.563. The molecule has 1 aromatic carbocycles. The van der Waals surface area contributed by atoms with Gasteiger partial charge in [0.05, 0.1) is 5.56 Å². The van der Waals surface area contributed by atoms with Crippen LogP contribution in [-0.4, -0.2) is 49.5 Å². The van der Waals surface area contributed by atoms with Crippen molar-refractivity contribution >= 4 is 5.97 Å². The van der Waals surface area contributed by atoms with Crippen molar-refractivity contribution in [3.8, 4) is 0 Å². The van der Waals surface area contributed by atoms with Gasteiger partial charge in [-0.05, 0) is 12.1 Å². The van der Waals surface area contributed by atoms with Crippen molar-refractivity contribution < 1.29 is 28.5 Å². The highest BCUT2D eigenvalue weighted by atomic mass is 19.1. The first kappa shape index (κ1) is 13.9. The SMILES string of the molecule is CO[C@@H]1O[C@H](COC(=O)c2ccccc2)[C@H](F)[C@H]1O. The second kappa shape index (κ2) is 6.10. The summed E-state index contributed by atoms with van der Waals surface area (Å²) >= 11 is 0. The fourth-order valence-electron chi connectivity index (χ4n) is 1.84. The first-order valence-corrected chi connectivity index (χ1v) is 5.86. The third-order valence-corrected chi connectivity index (χ3v) is 2.89. The predicted molar refractivity (Wildman–Crippen MR) is 63.3 cm³/mol. The van der Waals surface area contributed by atoms with Crippen LogP contribution in [0.1, 0.15) is 10.4 Å². The Bertz CT molecular complexity index is 424. The van der Waals surface area contributed by atoms with Crippen LogP contribution in [-0.2, 0) is 14.2 Å². The molecule has 1 aliphatic heterocycles. The molecule has 2 rings (SSSR count). The summed E-state index contributed by atoms with van der Waals surface area (Å²) < 4.78 is 28.4. The smallest absolute Gasteiger partial charge is 0.338 e. The van der Waals surface area contributed by atoms with E-state index < -0.39 is 30.6 Å². The minimum Gasteiger partial charge on any atom is -0.459 e. The first-order valence-electron chi connectivity index (χ1n) is 5.86. The van der Waals surface area contributed by atoms with E-state index in [1.54, 1.807) is 30.3 Å². The molecule has 5 nitrogen and oxygen atoms in total. The maximum atomic E-state index is 13.6. The molecule has 1 N–H and O–H groups in total. The van der Waals surface area contributed by atoms with Gasteiger partial charge >= 0.3 is 5.97 Å². The molecule has 19 heavy (non-hydrogen) atoms. The lowest BCUT2D eigenvalue weighted by atomic mass is 10.2. The maximum Gasteiger partial charge on any atom is 0.338 e. The third kappa shape index (κ3) is 3.09. The predicted octanol–water partition coefficient (Wildman–Crippen LogP) is 0.914. The van der Waals surface area contributed by atoms with Crippen molar-refractivity contribution in [1.29, 1.82) is 0 Å². The Morgan fingerprint density at radius 2 is 2.11 bits per heavy atom. The van der Waals surface area contributed by atoms with Gasteiger partial charge in [-0.15, -0.1) is 0 Å². The number of benzene rings is 1. The molecule has 104 valence electrons. The Balaban J connectivity index is 1.88. The molecule has 0 aromatic heterocycles. The van der Waals surface area contributed by atoms with E-state index in [1.807, 2.05) is 0 Å². The van der Waals surface area contributed by atoms with Crippen molar-refractivity contribution in [3.63, 3.8) is 0 Å². The molecule has 0 aliphatic carbocycles. The van der Waals surface area contributed by atoms with E-state index in [9.17, 15) is 14.3 Å². The number of hydrogen-bond donors (Lipinski definition) is 1. The molecule has 4 atom stereocenters. The molecule has 1 fully saturated rings. The van der Waals surface area contributed by atoms with E-state index in [-0.39, 0.29) is 6.61 Å². The number of methoxy groups -OCH3 is 1.